The molecule has 0 spiro atoms. The zero-order valence-corrected chi connectivity index (χ0v) is 12.5. The second kappa shape index (κ2) is 8.43. The van der Waals surface area contributed by atoms with Crippen molar-refractivity contribution in [1.82, 2.24) is 0 Å². The Morgan fingerprint density at radius 1 is 1.28 bits per heavy atom. The monoisotopic (exact) mass is 280 g/mol. The van der Waals surface area contributed by atoms with Gasteiger partial charge in [0.2, 0.25) is 0 Å². The van der Waals surface area contributed by atoms with Crippen molar-refractivity contribution in [2.75, 3.05) is 47.1 Å². The fourth-order valence-electron chi connectivity index (χ4n) is 0.797. The van der Waals surface area contributed by atoms with Crippen LogP contribution in [0.15, 0.2) is 12.2 Å². The normalized spacial score (nSPS) is 13.1. The molecule has 0 fully saturated rings. The van der Waals surface area contributed by atoms with Gasteiger partial charge in [-0.25, -0.2) is 4.79 Å². The zero-order chi connectivity index (χ0) is 14.2. The first kappa shape index (κ1) is 17.3. The molecule has 18 heavy (non-hydrogen) atoms. The van der Waals surface area contributed by atoms with Gasteiger partial charge in [-0.05, 0) is 6.92 Å². The number of carbonyl (C=O) groups excluding carboxylic acids is 1. The van der Waals surface area contributed by atoms with Crippen LogP contribution in [0.5, 0.6) is 0 Å². The van der Waals surface area contributed by atoms with Crippen LogP contribution in [0.1, 0.15) is 6.92 Å². The highest BCUT2D eigenvalue weighted by Gasteiger charge is 2.09. The predicted octanol–water partition coefficient (Wildman–Crippen LogP) is 1.23. The molecule has 0 aromatic rings. The fourth-order valence-corrected chi connectivity index (χ4v) is 1.51. The van der Waals surface area contributed by atoms with Crippen molar-refractivity contribution in [2.45, 2.75) is 6.92 Å². The second-order valence-corrected chi connectivity index (χ2v) is 6.49. The minimum atomic E-state index is -2.13. The summed E-state index contributed by atoms with van der Waals surface area (Å²) in [5, 5.41) is 0. The number of nitrogens with zero attached hydrogens (tertiary/aromatic N) is 1. The van der Waals surface area contributed by atoms with Gasteiger partial charge in [0, 0.05) is 11.7 Å². The zero-order valence-electron chi connectivity index (χ0n) is 11.5. The highest BCUT2D eigenvalue weighted by molar-refractivity contribution is 7.39. The third kappa shape index (κ3) is 10.5. The molecular weight excluding hydrogens is 257 g/mol. The molecule has 0 saturated heterocycles. The number of hydrogen-bond donors (Lipinski definition) is 0. The molecule has 1 atom stereocenters. The maximum Gasteiger partial charge on any atom is 0.368 e. The van der Waals surface area contributed by atoms with E-state index in [-0.39, 0.29) is 18.3 Å². The highest BCUT2D eigenvalue weighted by Crippen LogP contribution is 2.21. The largest absolute Gasteiger partial charge is 0.368 e. The maximum atomic E-state index is 11.4. The molecule has 0 rings (SSSR count). The Hall–Kier alpha value is -0.680. The SMILES string of the molecule is C=C(C)C(=O)OOCC[PH](=O)OCC[N+](C)(C)C. The van der Waals surface area contributed by atoms with E-state index >= 15 is 0 Å². The van der Waals surface area contributed by atoms with E-state index in [2.05, 4.69) is 16.4 Å². The summed E-state index contributed by atoms with van der Waals surface area (Å²) in [6.07, 6.45) is 0.227. The molecule has 0 radical (unpaired) electrons. The van der Waals surface area contributed by atoms with Crippen molar-refractivity contribution in [2.24, 2.45) is 0 Å². The second-order valence-electron chi connectivity index (χ2n) is 4.96. The molecule has 1 unspecified atom stereocenters. The van der Waals surface area contributed by atoms with E-state index in [4.69, 9.17) is 4.52 Å². The maximum absolute atomic E-state index is 11.4. The third-order valence-corrected chi connectivity index (χ3v) is 3.04. The van der Waals surface area contributed by atoms with Crippen LogP contribution in [-0.2, 0) is 23.7 Å². The van der Waals surface area contributed by atoms with E-state index in [0.717, 1.165) is 11.0 Å². The van der Waals surface area contributed by atoms with Gasteiger partial charge in [0.15, 0.2) is 8.03 Å². The van der Waals surface area contributed by atoms with Crippen molar-refractivity contribution >= 4 is 14.0 Å². The number of likely N-dealkylation sites (N-methyl/N-ethyl adjacent to an activating group) is 1. The van der Waals surface area contributed by atoms with Crippen LogP contribution in [0, 0.1) is 0 Å². The molecular formula is C11H23NO5P+. The van der Waals surface area contributed by atoms with Gasteiger partial charge in [0.1, 0.15) is 19.8 Å². The number of carbonyl (C=O) groups is 1. The van der Waals surface area contributed by atoms with Crippen LogP contribution in [0.3, 0.4) is 0 Å². The first-order valence-electron chi connectivity index (χ1n) is 5.68. The van der Waals surface area contributed by atoms with Gasteiger partial charge in [-0.3, -0.25) is 9.45 Å². The van der Waals surface area contributed by atoms with Gasteiger partial charge in [-0.2, -0.15) is 4.89 Å². The molecule has 0 bridgehead atoms. The molecule has 7 heteroatoms. The van der Waals surface area contributed by atoms with Crippen LogP contribution in [0.4, 0.5) is 0 Å². The Morgan fingerprint density at radius 2 is 1.89 bits per heavy atom. The summed E-state index contributed by atoms with van der Waals surface area (Å²) in [6.45, 7) is 6.19. The lowest BCUT2D eigenvalue weighted by molar-refractivity contribution is -0.870. The van der Waals surface area contributed by atoms with E-state index in [1.165, 1.54) is 6.92 Å². The Morgan fingerprint density at radius 3 is 2.39 bits per heavy atom. The number of hydrogen-bond acceptors (Lipinski definition) is 5. The number of quaternary nitrogens is 1. The fraction of sp³-hybridized carbons (Fsp3) is 0.727. The summed E-state index contributed by atoms with van der Waals surface area (Å²) < 4.78 is 17.3. The summed E-state index contributed by atoms with van der Waals surface area (Å²) in [5.41, 5.74) is 0.252. The molecule has 6 nitrogen and oxygen atoms in total. The van der Waals surface area contributed by atoms with Gasteiger partial charge in [-0.1, -0.05) is 6.58 Å². The van der Waals surface area contributed by atoms with Crippen molar-refractivity contribution < 1.29 is 28.1 Å². The van der Waals surface area contributed by atoms with E-state index < -0.39 is 14.0 Å². The number of rotatable bonds is 9. The van der Waals surface area contributed by atoms with Crippen molar-refractivity contribution in [3.8, 4) is 0 Å². The molecule has 0 aliphatic heterocycles. The van der Waals surface area contributed by atoms with Crippen LogP contribution >= 0.6 is 8.03 Å². The van der Waals surface area contributed by atoms with Crippen molar-refractivity contribution in [3.05, 3.63) is 12.2 Å². The summed E-state index contributed by atoms with van der Waals surface area (Å²) >= 11 is 0. The summed E-state index contributed by atoms with van der Waals surface area (Å²) in [6, 6.07) is 0. The smallest absolute Gasteiger partial charge is 0.329 e. The average Bonchev–Trinajstić information content (AvgIpc) is 2.22. The van der Waals surface area contributed by atoms with Crippen LogP contribution in [-0.4, -0.2) is 57.5 Å². The minimum Gasteiger partial charge on any atom is -0.329 e. The molecule has 0 heterocycles. The Kier molecular flexibility index (Phi) is 8.11. The summed E-state index contributed by atoms with van der Waals surface area (Å²) in [7, 11) is 3.96. The highest BCUT2D eigenvalue weighted by atomic mass is 31.1. The lowest BCUT2D eigenvalue weighted by atomic mass is 10.4. The lowest BCUT2D eigenvalue weighted by Gasteiger charge is -2.23. The van der Waals surface area contributed by atoms with Gasteiger partial charge < -0.3 is 9.01 Å². The van der Waals surface area contributed by atoms with Crippen molar-refractivity contribution in [3.63, 3.8) is 0 Å². The topological polar surface area (TPSA) is 61.8 Å². The Balaban J connectivity index is 3.54. The molecule has 106 valence electrons. The van der Waals surface area contributed by atoms with Crippen LogP contribution in [0.25, 0.3) is 0 Å². The first-order chi connectivity index (χ1) is 8.22. The standard InChI is InChI=1S/C11H23NO5P/c1-10(2)11(13)17-15-8-9-18(14)16-7-6-12(3,4)5/h18H,1,6-9H2,2-5H3/q+1. The summed E-state index contributed by atoms with van der Waals surface area (Å²) in [5.74, 6) is -0.624. The minimum absolute atomic E-state index is 0.0567. The summed E-state index contributed by atoms with van der Waals surface area (Å²) in [4.78, 5) is 19.9. The molecule has 0 aromatic heterocycles. The third-order valence-electron chi connectivity index (χ3n) is 1.90. The van der Waals surface area contributed by atoms with E-state index in [1.807, 2.05) is 21.1 Å². The quantitative estimate of drug-likeness (QED) is 0.159. The van der Waals surface area contributed by atoms with Crippen LogP contribution in [0.2, 0.25) is 0 Å². The molecule has 0 aliphatic carbocycles. The molecule has 0 amide bonds. The lowest BCUT2D eigenvalue weighted by Crippen LogP contribution is -2.37. The Labute approximate surface area is 109 Å². The first-order valence-corrected chi connectivity index (χ1v) is 7.20. The van der Waals surface area contributed by atoms with Gasteiger partial charge in [-0.15, -0.1) is 0 Å². The Bertz CT molecular complexity index is 311. The van der Waals surface area contributed by atoms with E-state index in [9.17, 15) is 9.36 Å². The molecule has 0 N–H and O–H groups in total. The van der Waals surface area contributed by atoms with Crippen molar-refractivity contribution in [1.29, 1.82) is 0 Å². The average molecular weight is 280 g/mol. The van der Waals surface area contributed by atoms with Gasteiger partial charge >= 0.3 is 5.97 Å². The predicted molar refractivity (Wildman–Crippen MR) is 69.6 cm³/mol. The molecule has 0 saturated carbocycles. The van der Waals surface area contributed by atoms with E-state index in [1.54, 1.807) is 0 Å². The molecule has 0 aliphatic rings. The van der Waals surface area contributed by atoms with Gasteiger partial charge in [0.25, 0.3) is 0 Å². The van der Waals surface area contributed by atoms with Crippen LogP contribution < -0.4 is 0 Å². The van der Waals surface area contributed by atoms with E-state index in [0.29, 0.717) is 6.61 Å². The van der Waals surface area contributed by atoms with Gasteiger partial charge in [0.05, 0.1) is 21.1 Å². The molecule has 0 aromatic carbocycles.